The van der Waals surface area contributed by atoms with E-state index in [1.54, 1.807) is 7.05 Å². The molecule has 0 saturated heterocycles. The van der Waals surface area contributed by atoms with Gasteiger partial charge in [0.25, 0.3) is 5.91 Å². The SMILES string of the molecule is CC(C)CN(C)C(=O)c1cc([N+](=O)[O-])ncc1N. The smallest absolute Gasteiger partial charge is 0.364 e. The molecule has 7 nitrogen and oxygen atoms in total. The Morgan fingerprint density at radius 1 is 1.61 bits per heavy atom. The molecule has 98 valence electrons. The van der Waals surface area contributed by atoms with Crippen LogP contribution in [0, 0.1) is 16.0 Å². The number of nitro groups is 1. The molecule has 1 heterocycles. The Kier molecular flexibility index (Phi) is 4.19. The molecule has 7 heteroatoms. The summed E-state index contributed by atoms with van der Waals surface area (Å²) in [5.74, 6) is -0.422. The zero-order valence-corrected chi connectivity index (χ0v) is 10.6. The largest absolute Gasteiger partial charge is 0.395 e. The van der Waals surface area contributed by atoms with Crippen molar-refractivity contribution >= 4 is 17.4 Å². The van der Waals surface area contributed by atoms with Gasteiger partial charge in [0.1, 0.15) is 0 Å². The summed E-state index contributed by atoms with van der Waals surface area (Å²) in [4.78, 5) is 27.1. The Morgan fingerprint density at radius 3 is 2.72 bits per heavy atom. The summed E-state index contributed by atoms with van der Waals surface area (Å²) in [6.45, 7) is 4.50. The number of anilines is 1. The molecule has 0 atom stereocenters. The molecule has 0 saturated carbocycles. The molecular weight excluding hydrogens is 236 g/mol. The van der Waals surface area contributed by atoms with Gasteiger partial charge in [-0.1, -0.05) is 13.8 Å². The van der Waals surface area contributed by atoms with Crippen LogP contribution in [0.3, 0.4) is 0 Å². The average molecular weight is 252 g/mol. The van der Waals surface area contributed by atoms with Crippen molar-refractivity contribution in [2.24, 2.45) is 5.92 Å². The second-order valence-electron chi connectivity index (χ2n) is 4.47. The Bertz CT molecular complexity index is 473. The molecule has 1 aromatic heterocycles. The van der Waals surface area contributed by atoms with Crippen LogP contribution in [0.5, 0.6) is 0 Å². The lowest BCUT2D eigenvalue weighted by Crippen LogP contribution is -2.30. The number of nitrogen functional groups attached to an aromatic ring is 1. The van der Waals surface area contributed by atoms with E-state index in [9.17, 15) is 14.9 Å². The van der Waals surface area contributed by atoms with Crippen LogP contribution in [0.25, 0.3) is 0 Å². The van der Waals surface area contributed by atoms with E-state index < -0.39 is 4.92 Å². The number of aromatic nitrogens is 1. The first-order valence-corrected chi connectivity index (χ1v) is 5.48. The fourth-order valence-corrected chi connectivity index (χ4v) is 1.58. The van der Waals surface area contributed by atoms with Crippen molar-refractivity contribution in [3.05, 3.63) is 27.9 Å². The van der Waals surface area contributed by atoms with Crippen LogP contribution in [0.15, 0.2) is 12.3 Å². The minimum Gasteiger partial charge on any atom is -0.395 e. The van der Waals surface area contributed by atoms with Crippen molar-refractivity contribution in [2.75, 3.05) is 19.3 Å². The van der Waals surface area contributed by atoms with Gasteiger partial charge in [0.05, 0.1) is 17.3 Å². The Hall–Kier alpha value is -2.18. The van der Waals surface area contributed by atoms with E-state index in [0.717, 1.165) is 12.3 Å². The Labute approximate surface area is 105 Å². The van der Waals surface area contributed by atoms with Gasteiger partial charge in [-0.25, -0.2) is 0 Å². The van der Waals surface area contributed by atoms with Gasteiger partial charge in [-0.2, -0.15) is 0 Å². The molecule has 0 aromatic carbocycles. The summed E-state index contributed by atoms with van der Waals surface area (Å²) >= 11 is 0. The number of rotatable bonds is 4. The lowest BCUT2D eigenvalue weighted by Gasteiger charge is -2.19. The third-order valence-electron chi connectivity index (χ3n) is 2.32. The van der Waals surface area contributed by atoms with Crippen molar-refractivity contribution < 1.29 is 9.72 Å². The highest BCUT2D eigenvalue weighted by molar-refractivity contribution is 5.99. The quantitative estimate of drug-likeness (QED) is 0.642. The molecule has 0 aliphatic rings. The maximum atomic E-state index is 12.1. The molecule has 0 radical (unpaired) electrons. The number of nitrogens with two attached hydrogens (primary N) is 1. The summed E-state index contributed by atoms with van der Waals surface area (Å²) in [5.41, 5.74) is 5.88. The van der Waals surface area contributed by atoms with E-state index in [1.807, 2.05) is 13.8 Å². The van der Waals surface area contributed by atoms with E-state index in [-0.39, 0.29) is 23.0 Å². The van der Waals surface area contributed by atoms with Crippen LogP contribution >= 0.6 is 0 Å². The summed E-state index contributed by atoms with van der Waals surface area (Å²) in [7, 11) is 1.63. The lowest BCUT2D eigenvalue weighted by atomic mass is 10.1. The molecule has 0 fully saturated rings. The maximum absolute atomic E-state index is 12.1. The van der Waals surface area contributed by atoms with Gasteiger partial charge < -0.3 is 20.7 Å². The molecule has 0 aliphatic carbocycles. The summed E-state index contributed by atoms with van der Waals surface area (Å²) < 4.78 is 0. The second kappa shape index (κ2) is 5.44. The predicted molar refractivity (Wildman–Crippen MR) is 67.1 cm³/mol. The molecule has 1 amide bonds. The zero-order chi connectivity index (χ0) is 13.9. The van der Waals surface area contributed by atoms with Gasteiger partial charge in [0.15, 0.2) is 6.20 Å². The standard InChI is InChI=1S/C11H16N4O3/c1-7(2)6-14(3)11(16)8-4-10(15(17)18)13-5-9(8)12/h4-5,7H,6,12H2,1-3H3. The molecule has 1 aromatic rings. The minimum atomic E-state index is -0.654. The van der Waals surface area contributed by atoms with Gasteiger partial charge in [-0.05, 0) is 15.8 Å². The zero-order valence-electron chi connectivity index (χ0n) is 10.6. The number of hydrogen-bond donors (Lipinski definition) is 1. The van der Waals surface area contributed by atoms with Gasteiger partial charge >= 0.3 is 5.82 Å². The first kappa shape index (κ1) is 13.9. The highest BCUT2D eigenvalue weighted by Gasteiger charge is 2.20. The third kappa shape index (κ3) is 3.16. The topological polar surface area (TPSA) is 102 Å². The second-order valence-corrected chi connectivity index (χ2v) is 4.47. The highest BCUT2D eigenvalue weighted by atomic mass is 16.6. The first-order chi connectivity index (χ1) is 8.32. The van der Waals surface area contributed by atoms with Crippen LogP contribution < -0.4 is 5.73 Å². The molecule has 18 heavy (non-hydrogen) atoms. The van der Waals surface area contributed by atoms with Crippen molar-refractivity contribution in [2.45, 2.75) is 13.8 Å². The van der Waals surface area contributed by atoms with Crippen LogP contribution in [-0.2, 0) is 0 Å². The molecule has 0 unspecified atom stereocenters. The number of nitrogens with zero attached hydrogens (tertiary/aromatic N) is 3. The molecule has 2 N–H and O–H groups in total. The lowest BCUT2D eigenvalue weighted by molar-refractivity contribution is -0.389. The minimum absolute atomic E-state index is 0.111. The Morgan fingerprint density at radius 2 is 2.22 bits per heavy atom. The van der Waals surface area contributed by atoms with Crippen molar-refractivity contribution in [3.63, 3.8) is 0 Å². The molecular formula is C11H16N4O3. The summed E-state index contributed by atoms with van der Waals surface area (Å²) in [6.07, 6.45) is 1.13. The van der Waals surface area contributed by atoms with Crippen LogP contribution in [0.2, 0.25) is 0 Å². The monoisotopic (exact) mass is 252 g/mol. The predicted octanol–water partition coefficient (Wildman–Crippen LogP) is 1.30. The van der Waals surface area contributed by atoms with E-state index >= 15 is 0 Å². The Balaban J connectivity index is 3.04. The highest BCUT2D eigenvalue weighted by Crippen LogP contribution is 2.18. The van der Waals surface area contributed by atoms with Crippen LogP contribution in [-0.4, -0.2) is 34.3 Å². The van der Waals surface area contributed by atoms with E-state index in [1.165, 1.54) is 4.90 Å². The molecule has 0 bridgehead atoms. The molecule has 1 rings (SSSR count). The maximum Gasteiger partial charge on any atom is 0.364 e. The van der Waals surface area contributed by atoms with E-state index in [0.29, 0.717) is 12.5 Å². The number of amides is 1. The molecule has 0 spiro atoms. The number of carbonyl (C=O) groups is 1. The van der Waals surface area contributed by atoms with Gasteiger partial charge in [-0.3, -0.25) is 4.79 Å². The van der Waals surface area contributed by atoms with Crippen molar-refractivity contribution in [3.8, 4) is 0 Å². The number of carbonyl (C=O) groups excluding carboxylic acids is 1. The summed E-state index contributed by atoms with van der Waals surface area (Å²) in [5, 5.41) is 10.6. The fourth-order valence-electron chi connectivity index (χ4n) is 1.58. The first-order valence-electron chi connectivity index (χ1n) is 5.48. The van der Waals surface area contributed by atoms with Crippen molar-refractivity contribution in [1.29, 1.82) is 0 Å². The van der Waals surface area contributed by atoms with Crippen molar-refractivity contribution in [1.82, 2.24) is 9.88 Å². The molecule has 0 aliphatic heterocycles. The fraction of sp³-hybridized carbons (Fsp3) is 0.455. The van der Waals surface area contributed by atoms with Gasteiger partial charge in [0, 0.05) is 13.6 Å². The average Bonchev–Trinajstić information content (AvgIpc) is 2.27. The van der Waals surface area contributed by atoms with E-state index in [2.05, 4.69) is 4.98 Å². The number of hydrogen-bond acceptors (Lipinski definition) is 5. The third-order valence-corrected chi connectivity index (χ3v) is 2.32. The van der Waals surface area contributed by atoms with Crippen LogP contribution in [0.4, 0.5) is 11.5 Å². The van der Waals surface area contributed by atoms with Gasteiger partial charge in [0.2, 0.25) is 0 Å². The van der Waals surface area contributed by atoms with Crippen LogP contribution in [0.1, 0.15) is 24.2 Å². The van der Waals surface area contributed by atoms with E-state index in [4.69, 9.17) is 5.73 Å². The normalized spacial score (nSPS) is 10.4. The number of pyridine rings is 1. The van der Waals surface area contributed by atoms with Gasteiger partial charge in [-0.15, -0.1) is 0 Å². The summed E-state index contributed by atoms with van der Waals surface area (Å²) in [6, 6.07) is 1.11.